The second kappa shape index (κ2) is 11.7. The fourth-order valence-electron chi connectivity index (χ4n) is 3.08. The van der Waals surface area contributed by atoms with E-state index in [0.717, 1.165) is 4.47 Å². The number of halogens is 2. The van der Waals surface area contributed by atoms with Gasteiger partial charge in [0.05, 0.1) is 4.92 Å². The van der Waals surface area contributed by atoms with Gasteiger partial charge >= 0.3 is 17.5 Å². The highest BCUT2D eigenvalue weighted by atomic mass is 79.9. The number of nitro benzene ring substituents is 1. The number of hydrogen-bond acceptors (Lipinski definition) is 8. The maximum atomic E-state index is 13.3. The molecule has 3 aromatic carbocycles. The van der Waals surface area contributed by atoms with Crippen LogP contribution in [-0.2, 0) is 47.4 Å². The van der Waals surface area contributed by atoms with E-state index in [4.69, 9.17) is 14.2 Å². The lowest BCUT2D eigenvalue weighted by Gasteiger charge is -2.28. The summed E-state index contributed by atoms with van der Waals surface area (Å²) < 4.78 is 17.2. The van der Waals surface area contributed by atoms with Crippen LogP contribution in [0.15, 0.2) is 81.7 Å². The number of hydrogen-bond donors (Lipinski definition) is 0. The van der Waals surface area contributed by atoms with Crippen LogP contribution >= 0.6 is 31.9 Å². The Bertz CT molecular complexity index is 1230. The van der Waals surface area contributed by atoms with Crippen LogP contribution in [0.3, 0.4) is 0 Å². The number of non-ortho nitro benzene ring substituents is 1. The van der Waals surface area contributed by atoms with E-state index in [2.05, 4.69) is 31.9 Å². The van der Waals surface area contributed by atoms with E-state index in [1.54, 1.807) is 36.4 Å². The maximum absolute atomic E-state index is 13.3. The molecule has 0 saturated heterocycles. The molecule has 1 unspecified atom stereocenters. The zero-order valence-electron chi connectivity index (χ0n) is 17.9. The van der Waals surface area contributed by atoms with E-state index in [9.17, 15) is 24.5 Å². The number of nitro groups is 1. The van der Waals surface area contributed by atoms with Crippen molar-refractivity contribution in [3.8, 4) is 0 Å². The number of carbonyl (C=O) groups excluding carboxylic acids is 3. The second-order valence-corrected chi connectivity index (χ2v) is 8.94. The van der Waals surface area contributed by atoms with E-state index in [0.29, 0.717) is 15.6 Å². The van der Waals surface area contributed by atoms with Gasteiger partial charge in [-0.3, -0.25) is 14.9 Å². The van der Waals surface area contributed by atoms with E-state index in [1.165, 1.54) is 36.4 Å². The van der Waals surface area contributed by atoms with Crippen molar-refractivity contribution in [3.63, 3.8) is 0 Å². The summed E-state index contributed by atoms with van der Waals surface area (Å²) in [7, 11) is 0. The Hall–Kier alpha value is -3.57. The molecular formula is C24H17Br2NO8. The van der Waals surface area contributed by atoms with E-state index in [1.807, 2.05) is 0 Å². The largest absolute Gasteiger partial charge is 0.457 e. The Kier molecular flexibility index (Phi) is 8.72. The molecule has 0 aliphatic carbocycles. The number of carbonyl (C=O) groups is 3. The lowest BCUT2D eigenvalue weighted by atomic mass is 9.93. The summed E-state index contributed by atoms with van der Waals surface area (Å²) in [4.78, 5) is 48.2. The van der Waals surface area contributed by atoms with Crippen molar-refractivity contribution < 1.29 is 33.5 Å². The summed E-state index contributed by atoms with van der Waals surface area (Å²) in [5, 5.41) is 10.8. The fourth-order valence-corrected chi connectivity index (χ4v) is 3.79. The molecule has 0 aliphatic rings. The van der Waals surface area contributed by atoms with Crippen LogP contribution in [0.25, 0.3) is 0 Å². The monoisotopic (exact) mass is 605 g/mol. The van der Waals surface area contributed by atoms with Crippen LogP contribution < -0.4 is 0 Å². The molecule has 0 spiro atoms. The average Bonchev–Trinajstić information content (AvgIpc) is 2.85. The van der Waals surface area contributed by atoms with E-state index in [-0.39, 0.29) is 30.9 Å². The van der Waals surface area contributed by atoms with Crippen LogP contribution in [0.5, 0.6) is 0 Å². The van der Waals surface area contributed by atoms with Crippen LogP contribution in [0.4, 0.5) is 5.69 Å². The van der Waals surface area contributed by atoms with Crippen molar-refractivity contribution >= 4 is 56.0 Å². The van der Waals surface area contributed by atoms with Gasteiger partial charge in [0, 0.05) is 26.6 Å². The Morgan fingerprint density at radius 2 is 1.46 bits per heavy atom. The summed E-state index contributed by atoms with van der Waals surface area (Å²) in [6.07, 6.45) is 0. The van der Waals surface area contributed by atoms with Gasteiger partial charge in [0.15, 0.2) is 0 Å². The van der Waals surface area contributed by atoms with Crippen molar-refractivity contribution in [2.75, 3.05) is 0 Å². The molecule has 180 valence electrons. The standard InChI is InChI=1S/C24H17Br2NO8/c25-19-8-6-18(7-9-19)24(35-15-28,23(30)34-14-17-2-1-3-20(26)12-17)22(29)33-13-16-4-10-21(11-5-16)27(31)32/h1-12,15H,13-14H2. The molecule has 0 fully saturated rings. The first-order valence-corrected chi connectivity index (χ1v) is 11.5. The number of ether oxygens (including phenoxy) is 3. The molecule has 1 atom stereocenters. The number of benzene rings is 3. The summed E-state index contributed by atoms with van der Waals surface area (Å²) in [5.41, 5.74) is -1.61. The summed E-state index contributed by atoms with van der Waals surface area (Å²) in [6, 6.07) is 18.2. The number of esters is 2. The first kappa shape index (κ1) is 26.0. The quantitative estimate of drug-likeness (QED) is 0.0791. The van der Waals surface area contributed by atoms with E-state index >= 15 is 0 Å². The molecule has 0 bridgehead atoms. The van der Waals surface area contributed by atoms with Crippen molar-refractivity contribution in [1.82, 2.24) is 0 Å². The molecule has 11 heteroatoms. The lowest BCUT2D eigenvalue weighted by molar-refractivity contribution is -0.384. The molecule has 3 aromatic rings. The molecule has 0 aromatic heterocycles. The van der Waals surface area contributed by atoms with Gasteiger partial charge in [-0.25, -0.2) is 9.59 Å². The van der Waals surface area contributed by atoms with Gasteiger partial charge in [-0.05, 0) is 47.5 Å². The zero-order valence-corrected chi connectivity index (χ0v) is 21.1. The third-order valence-electron chi connectivity index (χ3n) is 4.83. The Labute approximate surface area is 216 Å². The van der Waals surface area contributed by atoms with Crippen LogP contribution in [0, 0.1) is 10.1 Å². The first-order valence-electron chi connectivity index (χ1n) is 9.96. The van der Waals surface area contributed by atoms with Crippen LogP contribution in [0.2, 0.25) is 0 Å². The summed E-state index contributed by atoms with van der Waals surface area (Å²) >= 11 is 6.60. The van der Waals surface area contributed by atoms with Gasteiger partial charge in [-0.1, -0.05) is 56.1 Å². The summed E-state index contributed by atoms with van der Waals surface area (Å²) in [6.45, 7) is -0.569. The molecule has 9 nitrogen and oxygen atoms in total. The molecule has 0 saturated carbocycles. The zero-order chi connectivity index (χ0) is 25.4. The molecule has 0 aliphatic heterocycles. The van der Waals surface area contributed by atoms with Gasteiger partial charge in [0.2, 0.25) is 0 Å². The SMILES string of the molecule is O=COC(C(=O)OCc1ccc([N+](=O)[O-])cc1)(C(=O)OCc1cccc(Br)c1)c1ccc(Br)cc1. The van der Waals surface area contributed by atoms with Crippen molar-refractivity contribution in [3.05, 3.63) is 109 Å². The Morgan fingerprint density at radius 3 is 2.00 bits per heavy atom. The first-order chi connectivity index (χ1) is 16.8. The normalized spacial score (nSPS) is 12.2. The highest BCUT2D eigenvalue weighted by molar-refractivity contribution is 9.10. The molecular weight excluding hydrogens is 590 g/mol. The van der Waals surface area contributed by atoms with Gasteiger partial charge in [-0.15, -0.1) is 0 Å². The molecule has 0 N–H and O–H groups in total. The van der Waals surface area contributed by atoms with Gasteiger partial charge in [0.1, 0.15) is 13.2 Å². The van der Waals surface area contributed by atoms with Crippen molar-refractivity contribution in [1.29, 1.82) is 0 Å². The molecule has 0 radical (unpaired) electrons. The van der Waals surface area contributed by atoms with Gasteiger partial charge < -0.3 is 14.2 Å². The highest BCUT2D eigenvalue weighted by Gasteiger charge is 2.54. The van der Waals surface area contributed by atoms with Gasteiger partial charge in [0.25, 0.3) is 12.2 Å². The number of nitrogens with zero attached hydrogens (tertiary/aromatic N) is 1. The van der Waals surface area contributed by atoms with Crippen LogP contribution in [0.1, 0.15) is 16.7 Å². The minimum atomic E-state index is -2.53. The van der Waals surface area contributed by atoms with Gasteiger partial charge in [-0.2, -0.15) is 0 Å². The minimum absolute atomic E-state index is 0.0146. The fraction of sp³-hybridized carbons (Fsp3) is 0.125. The minimum Gasteiger partial charge on any atom is -0.457 e. The van der Waals surface area contributed by atoms with Crippen molar-refractivity contribution in [2.45, 2.75) is 18.8 Å². The van der Waals surface area contributed by atoms with E-state index < -0.39 is 22.5 Å². The smallest absolute Gasteiger partial charge is 0.367 e. The Balaban J connectivity index is 1.89. The predicted octanol–water partition coefficient (Wildman–Crippen LogP) is 4.97. The lowest BCUT2D eigenvalue weighted by Crippen LogP contribution is -2.48. The molecule has 3 rings (SSSR count). The maximum Gasteiger partial charge on any atom is 0.367 e. The molecule has 0 heterocycles. The second-order valence-electron chi connectivity index (χ2n) is 7.11. The third-order valence-corrected chi connectivity index (χ3v) is 5.85. The Morgan fingerprint density at radius 1 is 0.857 bits per heavy atom. The highest BCUT2D eigenvalue weighted by Crippen LogP contribution is 2.31. The number of rotatable bonds is 10. The molecule has 35 heavy (non-hydrogen) atoms. The summed E-state index contributed by atoms with van der Waals surface area (Å²) in [5.74, 6) is -2.34. The average molecular weight is 607 g/mol. The van der Waals surface area contributed by atoms with Crippen molar-refractivity contribution in [2.24, 2.45) is 0 Å². The topological polar surface area (TPSA) is 122 Å². The molecule has 0 amide bonds. The third kappa shape index (κ3) is 6.31. The van der Waals surface area contributed by atoms with Crippen LogP contribution in [-0.4, -0.2) is 23.3 Å². The predicted molar refractivity (Wildman–Crippen MR) is 130 cm³/mol.